The molecule has 1 N–H and O–H groups in total. The van der Waals surface area contributed by atoms with Gasteiger partial charge in [0.1, 0.15) is 11.6 Å². The number of ether oxygens (including phenoxy) is 1. The molecule has 1 unspecified atom stereocenters. The highest BCUT2D eigenvalue weighted by molar-refractivity contribution is 6.30. The zero-order valence-corrected chi connectivity index (χ0v) is 21.3. The first-order chi connectivity index (χ1) is 18.0. The molecule has 1 aliphatic heterocycles. The fraction of sp³-hybridized carbons (Fsp3) is 0.346. The molecule has 1 saturated heterocycles. The SMILES string of the molecule is CC(C(=O)N(C)c1cc(C(F)(F)F)nn1-c1cccc(Cl)c1)c1ccc(C(=O)NC2CCOCC2)c(F)c1. The zero-order valence-electron chi connectivity index (χ0n) is 20.6. The number of carbonyl (C=O) groups is 2. The highest BCUT2D eigenvalue weighted by Gasteiger charge is 2.37. The van der Waals surface area contributed by atoms with Crippen molar-refractivity contribution < 1.29 is 31.9 Å². The molecule has 4 rings (SSSR count). The van der Waals surface area contributed by atoms with Gasteiger partial charge in [0.2, 0.25) is 5.91 Å². The average molecular weight is 553 g/mol. The third-order valence-corrected chi connectivity index (χ3v) is 6.61. The van der Waals surface area contributed by atoms with E-state index in [1.807, 2.05) is 0 Å². The lowest BCUT2D eigenvalue weighted by atomic mass is 9.97. The lowest BCUT2D eigenvalue weighted by molar-refractivity contribution is -0.141. The molecule has 2 aromatic carbocycles. The van der Waals surface area contributed by atoms with Crippen LogP contribution in [-0.4, -0.2) is 47.9 Å². The van der Waals surface area contributed by atoms with Gasteiger partial charge in [-0.2, -0.15) is 18.3 Å². The summed E-state index contributed by atoms with van der Waals surface area (Å²) in [6.45, 7) is 2.53. The van der Waals surface area contributed by atoms with E-state index >= 15 is 0 Å². The van der Waals surface area contributed by atoms with Crippen LogP contribution in [0, 0.1) is 5.82 Å². The predicted molar refractivity (Wildman–Crippen MR) is 133 cm³/mol. The lowest BCUT2D eigenvalue weighted by Gasteiger charge is -2.24. The van der Waals surface area contributed by atoms with Crippen molar-refractivity contribution in [3.63, 3.8) is 0 Å². The molecule has 12 heteroatoms. The minimum atomic E-state index is -4.75. The van der Waals surface area contributed by atoms with Crippen LogP contribution in [-0.2, 0) is 15.7 Å². The van der Waals surface area contributed by atoms with Gasteiger partial charge in [0.25, 0.3) is 5.91 Å². The second-order valence-electron chi connectivity index (χ2n) is 9.00. The van der Waals surface area contributed by atoms with Gasteiger partial charge in [-0.15, -0.1) is 0 Å². The van der Waals surface area contributed by atoms with E-state index in [0.717, 1.165) is 21.7 Å². The summed E-state index contributed by atoms with van der Waals surface area (Å²) in [7, 11) is 1.31. The fourth-order valence-electron chi connectivity index (χ4n) is 4.18. The molecule has 0 aliphatic carbocycles. The topological polar surface area (TPSA) is 76.5 Å². The van der Waals surface area contributed by atoms with Crippen molar-refractivity contribution in [2.24, 2.45) is 0 Å². The highest BCUT2D eigenvalue weighted by atomic mass is 35.5. The molecule has 0 radical (unpaired) electrons. The molecule has 202 valence electrons. The van der Waals surface area contributed by atoms with E-state index in [0.29, 0.717) is 26.1 Å². The monoisotopic (exact) mass is 552 g/mol. The third kappa shape index (κ3) is 5.99. The Kier molecular flexibility index (Phi) is 8.08. The summed E-state index contributed by atoms with van der Waals surface area (Å²) in [6, 6.07) is 10.5. The van der Waals surface area contributed by atoms with E-state index in [4.69, 9.17) is 16.3 Å². The first-order valence-corrected chi connectivity index (χ1v) is 12.2. The Hall–Kier alpha value is -3.44. The summed E-state index contributed by atoms with van der Waals surface area (Å²) in [6.07, 6.45) is -3.49. The van der Waals surface area contributed by atoms with Gasteiger partial charge in [0, 0.05) is 37.4 Å². The van der Waals surface area contributed by atoms with E-state index in [-0.39, 0.29) is 33.7 Å². The second kappa shape index (κ2) is 11.1. The van der Waals surface area contributed by atoms with Crippen LogP contribution in [0.3, 0.4) is 0 Å². The van der Waals surface area contributed by atoms with Crippen molar-refractivity contribution in [1.29, 1.82) is 0 Å². The van der Waals surface area contributed by atoms with Crippen molar-refractivity contribution >= 4 is 29.2 Å². The van der Waals surface area contributed by atoms with Crippen LogP contribution in [0.15, 0.2) is 48.5 Å². The summed E-state index contributed by atoms with van der Waals surface area (Å²) in [5.41, 5.74) is -0.874. The Labute approximate surface area is 221 Å². The maximum Gasteiger partial charge on any atom is 0.435 e. The molecule has 3 aromatic rings. The molecular weight excluding hydrogens is 528 g/mol. The van der Waals surface area contributed by atoms with E-state index < -0.39 is 35.4 Å². The Morgan fingerprint density at radius 3 is 2.50 bits per heavy atom. The van der Waals surface area contributed by atoms with Crippen LogP contribution in [0.5, 0.6) is 0 Å². The number of aromatic nitrogens is 2. The summed E-state index contributed by atoms with van der Waals surface area (Å²) in [5.74, 6) is -3.08. The van der Waals surface area contributed by atoms with Gasteiger partial charge in [0.05, 0.1) is 17.2 Å². The number of carbonyl (C=O) groups excluding carboxylic acids is 2. The van der Waals surface area contributed by atoms with Gasteiger partial charge < -0.3 is 10.1 Å². The average Bonchev–Trinajstić information content (AvgIpc) is 3.34. The number of hydrogen-bond acceptors (Lipinski definition) is 4. The maximum atomic E-state index is 14.9. The van der Waals surface area contributed by atoms with E-state index in [9.17, 15) is 27.2 Å². The molecule has 0 bridgehead atoms. The number of benzene rings is 2. The van der Waals surface area contributed by atoms with Crippen LogP contribution in [0.1, 0.15) is 47.3 Å². The number of hydrogen-bond donors (Lipinski definition) is 1. The van der Waals surface area contributed by atoms with Crippen LogP contribution < -0.4 is 10.2 Å². The van der Waals surface area contributed by atoms with Gasteiger partial charge in [0.15, 0.2) is 5.69 Å². The molecule has 1 aliphatic rings. The van der Waals surface area contributed by atoms with E-state index in [1.54, 1.807) is 12.1 Å². The minimum absolute atomic E-state index is 0.115. The Balaban J connectivity index is 1.57. The molecule has 0 saturated carbocycles. The van der Waals surface area contributed by atoms with Gasteiger partial charge in [-0.05, 0) is 55.7 Å². The van der Waals surface area contributed by atoms with Gasteiger partial charge >= 0.3 is 6.18 Å². The summed E-state index contributed by atoms with van der Waals surface area (Å²) in [5, 5.41) is 6.70. The fourth-order valence-corrected chi connectivity index (χ4v) is 4.37. The molecule has 38 heavy (non-hydrogen) atoms. The van der Waals surface area contributed by atoms with Crippen LogP contribution in [0.4, 0.5) is 23.4 Å². The third-order valence-electron chi connectivity index (χ3n) is 6.37. The van der Waals surface area contributed by atoms with E-state index in [2.05, 4.69) is 10.4 Å². The van der Waals surface area contributed by atoms with Gasteiger partial charge in [-0.1, -0.05) is 23.7 Å². The number of alkyl halides is 3. The minimum Gasteiger partial charge on any atom is -0.381 e. The summed E-state index contributed by atoms with van der Waals surface area (Å²) in [4.78, 5) is 26.9. The quantitative estimate of drug-likeness (QED) is 0.418. The van der Waals surface area contributed by atoms with Gasteiger partial charge in [-0.3, -0.25) is 14.5 Å². The lowest BCUT2D eigenvalue weighted by Crippen LogP contribution is -2.39. The van der Waals surface area contributed by atoms with E-state index in [1.165, 1.54) is 38.2 Å². The number of halogens is 5. The second-order valence-corrected chi connectivity index (χ2v) is 9.43. The first kappa shape index (κ1) is 27.6. The maximum absolute atomic E-state index is 14.9. The molecule has 7 nitrogen and oxygen atoms in total. The van der Waals surface area contributed by atoms with Crippen molar-refractivity contribution in [2.75, 3.05) is 25.2 Å². The molecule has 2 heterocycles. The van der Waals surface area contributed by atoms with Crippen LogP contribution in [0.25, 0.3) is 5.69 Å². The normalized spacial score (nSPS) is 15.2. The standard InChI is InChI=1S/C26H25ClF4N4O3/c1-15(16-6-7-20(21(28)12-16)24(36)32-18-8-10-38-11-9-18)25(37)34(2)23-14-22(26(29,30)31)33-35(23)19-5-3-4-17(27)13-19/h3-7,12-15,18H,8-11H2,1-2H3,(H,32,36). The molecule has 1 atom stereocenters. The molecular formula is C26H25ClF4N4O3. The highest BCUT2D eigenvalue weighted by Crippen LogP contribution is 2.34. The molecule has 1 fully saturated rings. The number of likely N-dealkylation sites (N-methyl/N-ethyl adjacent to an activating group) is 1. The van der Waals surface area contributed by atoms with Crippen LogP contribution >= 0.6 is 11.6 Å². The molecule has 1 aromatic heterocycles. The first-order valence-electron chi connectivity index (χ1n) is 11.8. The number of rotatable bonds is 6. The largest absolute Gasteiger partial charge is 0.435 e. The molecule has 2 amide bonds. The Bertz CT molecular complexity index is 1340. The Morgan fingerprint density at radius 1 is 1.16 bits per heavy atom. The van der Waals surface area contributed by atoms with Crippen molar-refractivity contribution in [3.8, 4) is 5.69 Å². The Morgan fingerprint density at radius 2 is 1.87 bits per heavy atom. The smallest absolute Gasteiger partial charge is 0.381 e. The number of amides is 2. The number of anilines is 1. The van der Waals surface area contributed by atoms with Crippen molar-refractivity contribution in [1.82, 2.24) is 15.1 Å². The zero-order chi connectivity index (χ0) is 27.6. The summed E-state index contributed by atoms with van der Waals surface area (Å²) >= 11 is 6.01. The van der Waals surface area contributed by atoms with Crippen LogP contribution in [0.2, 0.25) is 5.02 Å². The predicted octanol–water partition coefficient (Wildman–Crippen LogP) is 5.36. The van der Waals surface area contributed by atoms with Crippen molar-refractivity contribution in [3.05, 3.63) is 76.2 Å². The summed E-state index contributed by atoms with van der Waals surface area (Å²) < 4.78 is 61.5. The molecule has 0 spiro atoms. The number of nitrogens with zero attached hydrogens (tertiary/aromatic N) is 3. The van der Waals surface area contributed by atoms with Gasteiger partial charge in [-0.25, -0.2) is 9.07 Å². The number of nitrogens with one attached hydrogen (secondary N) is 1. The van der Waals surface area contributed by atoms with Crippen molar-refractivity contribution in [2.45, 2.75) is 37.9 Å².